The minimum absolute atomic E-state index is 0.561. The molecule has 0 bridgehead atoms. The van der Waals surface area contributed by atoms with Crippen LogP contribution in [0.25, 0.3) is 5.65 Å². The highest BCUT2D eigenvalue weighted by Gasteiger charge is 2.16. The van der Waals surface area contributed by atoms with E-state index in [-0.39, 0.29) is 0 Å². The van der Waals surface area contributed by atoms with Crippen LogP contribution >= 0.6 is 23.2 Å². The highest BCUT2D eigenvalue weighted by Crippen LogP contribution is 2.24. The molecule has 0 radical (unpaired) electrons. The molecule has 7 heteroatoms. The molecular weight excluding hydrogens is 357 g/mol. The first kappa shape index (κ1) is 16.5. The molecule has 1 fully saturated rings. The van der Waals surface area contributed by atoms with E-state index in [4.69, 9.17) is 28.3 Å². The van der Waals surface area contributed by atoms with Gasteiger partial charge in [-0.3, -0.25) is 0 Å². The first-order chi connectivity index (χ1) is 12.2. The summed E-state index contributed by atoms with van der Waals surface area (Å²) in [6.07, 6.45) is 5.67. The fourth-order valence-electron chi connectivity index (χ4n) is 3.14. The molecule has 3 aromatic rings. The molecule has 1 aliphatic heterocycles. The van der Waals surface area contributed by atoms with Gasteiger partial charge in [-0.1, -0.05) is 29.3 Å². The monoisotopic (exact) mass is 375 g/mol. The lowest BCUT2D eigenvalue weighted by molar-refractivity contribution is 0.569. The van der Waals surface area contributed by atoms with Crippen LogP contribution in [0, 0.1) is 0 Å². The van der Waals surface area contributed by atoms with E-state index in [1.807, 2.05) is 41.0 Å². The summed E-state index contributed by atoms with van der Waals surface area (Å²) in [5.74, 6) is 1.86. The Morgan fingerprint density at radius 3 is 2.64 bits per heavy atom. The van der Waals surface area contributed by atoms with Crippen molar-refractivity contribution in [2.24, 2.45) is 0 Å². The van der Waals surface area contributed by atoms with Crippen LogP contribution in [0.4, 0.5) is 11.6 Å². The van der Waals surface area contributed by atoms with Gasteiger partial charge in [-0.05, 0) is 49.1 Å². The number of imidazole rings is 1. The maximum Gasteiger partial charge on any atom is 0.156 e. The average molecular weight is 376 g/mol. The molecule has 0 spiro atoms. The predicted molar refractivity (Wildman–Crippen MR) is 103 cm³/mol. The third kappa shape index (κ3) is 3.53. The Balaban J connectivity index is 1.54. The molecule has 2 aromatic heterocycles. The van der Waals surface area contributed by atoms with Crippen molar-refractivity contribution in [3.05, 3.63) is 52.1 Å². The van der Waals surface area contributed by atoms with Crippen molar-refractivity contribution in [1.29, 1.82) is 0 Å². The lowest BCUT2D eigenvalue weighted by atomic mass is 10.1. The van der Waals surface area contributed by atoms with Crippen LogP contribution in [-0.2, 0) is 6.54 Å². The number of hydrogen-bond donors (Lipinski definition) is 1. The smallest absolute Gasteiger partial charge is 0.156 e. The van der Waals surface area contributed by atoms with Gasteiger partial charge in [0.15, 0.2) is 11.5 Å². The van der Waals surface area contributed by atoms with Crippen LogP contribution in [0.3, 0.4) is 0 Å². The van der Waals surface area contributed by atoms with Gasteiger partial charge in [0.25, 0.3) is 0 Å². The van der Waals surface area contributed by atoms with Crippen LogP contribution in [0.2, 0.25) is 10.0 Å². The number of nitrogens with zero attached hydrogens (tertiary/aromatic N) is 4. The number of halogens is 2. The summed E-state index contributed by atoms with van der Waals surface area (Å²) < 4.78 is 1.92. The third-order valence-electron chi connectivity index (χ3n) is 4.48. The largest absolute Gasteiger partial charge is 0.365 e. The second-order valence-electron chi connectivity index (χ2n) is 6.25. The number of rotatable bonds is 4. The van der Waals surface area contributed by atoms with E-state index in [1.165, 1.54) is 19.3 Å². The molecule has 1 aromatic carbocycles. The summed E-state index contributed by atoms with van der Waals surface area (Å²) in [6.45, 7) is 2.76. The molecule has 1 N–H and O–H groups in total. The van der Waals surface area contributed by atoms with Crippen LogP contribution in [0.15, 0.2) is 36.5 Å². The highest BCUT2D eigenvalue weighted by molar-refractivity contribution is 6.42. The quantitative estimate of drug-likeness (QED) is 0.721. The summed E-state index contributed by atoms with van der Waals surface area (Å²) >= 11 is 12.0. The Hall–Kier alpha value is -1.98. The molecule has 0 unspecified atom stereocenters. The number of benzene rings is 1. The zero-order valence-electron chi connectivity index (χ0n) is 13.8. The molecule has 1 saturated heterocycles. The van der Waals surface area contributed by atoms with Gasteiger partial charge in [0.05, 0.1) is 16.2 Å². The summed E-state index contributed by atoms with van der Waals surface area (Å²) in [5, 5.41) is 9.17. The molecular formula is C18H19Cl2N5. The number of anilines is 2. The maximum atomic E-state index is 6.07. The number of hydrogen-bond acceptors (Lipinski definition) is 4. The summed E-state index contributed by atoms with van der Waals surface area (Å²) in [5.41, 5.74) is 1.92. The fraction of sp³-hybridized carbons (Fsp3) is 0.333. The number of fused-ring (bicyclic) bond motifs is 1. The summed E-state index contributed by atoms with van der Waals surface area (Å²) in [6, 6.07) is 9.56. The Labute approximate surface area is 156 Å². The Morgan fingerprint density at radius 2 is 1.84 bits per heavy atom. The number of piperidine rings is 1. The lowest BCUT2D eigenvalue weighted by Gasteiger charge is -2.27. The Kier molecular flexibility index (Phi) is 4.68. The van der Waals surface area contributed by atoms with Gasteiger partial charge in [-0.15, -0.1) is 5.10 Å². The van der Waals surface area contributed by atoms with Gasteiger partial charge < -0.3 is 10.2 Å². The van der Waals surface area contributed by atoms with Gasteiger partial charge in [0, 0.05) is 19.6 Å². The van der Waals surface area contributed by atoms with Crippen molar-refractivity contribution >= 4 is 40.5 Å². The van der Waals surface area contributed by atoms with Gasteiger partial charge in [-0.25, -0.2) is 4.98 Å². The van der Waals surface area contributed by atoms with Crippen molar-refractivity contribution in [2.45, 2.75) is 25.8 Å². The van der Waals surface area contributed by atoms with Gasteiger partial charge in [-0.2, -0.15) is 4.52 Å². The molecule has 3 heterocycles. The normalized spacial score (nSPS) is 14.9. The molecule has 130 valence electrons. The first-order valence-electron chi connectivity index (χ1n) is 8.48. The Morgan fingerprint density at radius 1 is 1.00 bits per heavy atom. The Bertz CT molecular complexity index is 886. The summed E-state index contributed by atoms with van der Waals surface area (Å²) in [7, 11) is 0. The standard InChI is InChI=1S/C18H19Cl2N5/c19-14-5-4-13(10-15(14)20)11-21-16-6-7-17-22-12-18(25(17)23-16)24-8-2-1-3-9-24/h4-7,10,12H,1-3,8-9,11H2,(H,21,23). The SMILES string of the molecule is Clc1ccc(CNc2ccc3ncc(N4CCCCC4)n3n2)cc1Cl. The van der Waals surface area contributed by atoms with E-state index in [0.29, 0.717) is 16.6 Å². The van der Waals surface area contributed by atoms with E-state index < -0.39 is 0 Å². The second kappa shape index (κ2) is 7.10. The number of aromatic nitrogens is 3. The zero-order valence-corrected chi connectivity index (χ0v) is 15.3. The number of nitrogens with one attached hydrogen (secondary N) is 1. The fourth-order valence-corrected chi connectivity index (χ4v) is 3.46. The van der Waals surface area contributed by atoms with Gasteiger partial charge in [0.2, 0.25) is 0 Å². The van der Waals surface area contributed by atoms with Crippen LogP contribution in [-0.4, -0.2) is 27.7 Å². The highest BCUT2D eigenvalue weighted by atomic mass is 35.5. The van der Waals surface area contributed by atoms with E-state index in [0.717, 1.165) is 35.9 Å². The zero-order chi connectivity index (χ0) is 17.2. The van der Waals surface area contributed by atoms with Gasteiger partial charge >= 0.3 is 0 Å². The van der Waals surface area contributed by atoms with E-state index in [1.54, 1.807) is 0 Å². The van der Waals surface area contributed by atoms with E-state index >= 15 is 0 Å². The molecule has 1 aliphatic rings. The molecule has 5 nitrogen and oxygen atoms in total. The minimum Gasteiger partial charge on any atom is -0.365 e. The first-order valence-corrected chi connectivity index (χ1v) is 9.24. The minimum atomic E-state index is 0.561. The summed E-state index contributed by atoms with van der Waals surface area (Å²) in [4.78, 5) is 6.83. The average Bonchev–Trinajstić information content (AvgIpc) is 3.06. The third-order valence-corrected chi connectivity index (χ3v) is 5.22. The topological polar surface area (TPSA) is 45.5 Å². The van der Waals surface area contributed by atoms with Crippen LogP contribution < -0.4 is 10.2 Å². The van der Waals surface area contributed by atoms with Gasteiger partial charge in [0.1, 0.15) is 5.82 Å². The molecule has 25 heavy (non-hydrogen) atoms. The van der Waals surface area contributed by atoms with Crippen molar-refractivity contribution < 1.29 is 0 Å². The second-order valence-corrected chi connectivity index (χ2v) is 7.07. The van der Waals surface area contributed by atoms with Crippen LogP contribution in [0.1, 0.15) is 24.8 Å². The van der Waals surface area contributed by atoms with Crippen molar-refractivity contribution in [2.75, 3.05) is 23.3 Å². The molecule has 0 saturated carbocycles. The maximum absolute atomic E-state index is 6.07. The molecule has 4 rings (SSSR count). The molecule has 0 atom stereocenters. The lowest BCUT2D eigenvalue weighted by Crippen LogP contribution is -2.30. The predicted octanol–water partition coefficient (Wildman–Crippen LogP) is 4.64. The molecule has 0 amide bonds. The molecule has 0 aliphatic carbocycles. The van der Waals surface area contributed by atoms with E-state index in [2.05, 4.69) is 15.2 Å². The van der Waals surface area contributed by atoms with Crippen molar-refractivity contribution in [3.63, 3.8) is 0 Å². The van der Waals surface area contributed by atoms with E-state index in [9.17, 15) is 0 Å². The van der Waals surface area contributed by atoms with Crippen molar-refractivity contribution in [1.82, 2.24) is 14.6 Å². The van der Waals surface area contributed by atoms with Crippen LogP contribution in [0.5, 0.6) is 0 Å². The van der Waals surface area contributed by atoms with Crippen molar-refractivity contribution in [3.8, 4) is 0 Å².